The molecule has 0 aromatic carbocycles. The van der Waals surface area contributed by atoms with Crippen molar-refractivity contribution in [3.05, 3.63) is 0 Å². The minimum absolute atomic E-state index is 0.563. The number of hydrogen-bond donors (Lipinski definition) is 2. The molecule has 66 valence electrons. The van der Waals surface area contributed by atoms with Crippen LogP contribution in [0.25, 0.3) is 0 Å². The van der Waals surface area contributed by atoms with Crippen LogP contribution < -0.4 is 10.9 Å². The highest BCUT2D eigenvalue weighted by molar-refractivity contribution is 4.70. The van der Waals surface area contributed by atoms with Crippen LogP contribution in [0.4, 0.5) is 0 Å². The first-order valence-corrected chi connectivity index (χ1v) is 4.66. The summed E-state index contributed by atoms with van der Waals surface area (Å²) in [4.78, 5) is 0. The monoisotopic (exact) mass is 156 g/mol. The number of nitrogens with one attached hydrogen (secondary N) is 2. The normalized spacial score (nSPS) is 26.7. The molecule has 0 amide bonds. The van der Waals surface area contributed by atoms with Gasteiger partial charge in [-0.1, -0.05) is 13.8 Å². The van der Waals surface area contributed by atoms with E-state index in [1.807, 2.05) is 0 Å². The van der Waals surface area contributed by atoms with Gasteiger partial charge in [0.15, 0.2) is 0 Å². The summed E-state index contributed by atoms with van der Waals surface area (Å²) < 4.78 is 0. The molecular formula is C9H20N2. The van der Waals surface area contributed by atoms with Crippen molar-refractivity contribution >= 4 is 0 Å². The molecule has 0 aliphatic carbocycles. The van der Waals surface area contributed by atoms with Gasteiger partial charge in [-0.15, -0.1) is 0 Å². The zero-order chi connectivity index (χ0) is 8.16. The lowest BCUT2D eigenvalue weighted by molar-refractivity contribution is 0.299. The summed E-state index contributed by atoms with van der Waals surface area (Å²) in [5, 5.41) is 0. The Morgan fingerprint density at radius 1 is 0.909 bits per heavy atom. The summed E-state index contributed by atoms with van der Waals surface area (Å²) in [6, 6.07) is 0. The van der Waals surface area contributed by atoms with E-state index in [4.69, 9.17) is 0 Å². The summed E-state index contributed by atoms with van der Waals surface area (Å²) in [6.07, 6.45) is 5.28. The highest BCUT2D eigenvalue weighted by atomic mass is 15.3. The van der Waals surface area contributed by atoms with Crippen molar-refractivity contribution in [3.8, 4) is 0 Å². The molecule has 0 aromatic heterocycles. The predicted octanol–water partition coefficient (Wildman–Crippen LogP) is 1.68. The van der Waals surface area contributed by atoms with E-state index in [1.54, 1.807) is 0 Å². The van der Waals surface area contributed by atoms with Gasteiger partial charge in [0.1, 0.15) is 0 Å². The van der Waals surface area contributed by atoms with E-state index in [0.717, 1.165) is 13.1 Å². The Labute approximate surface area is 69.7 Å². The predicted molar refractivity (Wildman–Crippen MR) is 48.3 cm³/mol. The van der Waals surface area contributed by atoms with Crippen LogP contribution >= 0.6 is 0 Å². The molecule has 0 radical (unpaired) electrons. The van der Waals surface area contributed by atoms with Crippen LogP contribution in [-0.4, -0.2) is 13.1 Å². The third-order valence-electron chi connectivity index (χ3n) is 2.44. The summed E-state index contributed by atoms with van der Waals surface area (Å²) >= 11 is 0. The molecule has 2 nitrogen and oxygen atoms in total. The standard InChI is InChI=1S/C9H20N2/c1-9(2)5-3-7-10-11-8-4-6-9/h10-11H,3-8H2,1-2H3. The summed E-state index contributed by atoms with van der Waals surface area (Å²) in [5.41, 5.74) is 6.99. The minimum atomic E-state index is 0.563. The van der Waals surface area contributed by atoms with Crippen LogP contribution in [-0.2, 0) is 0 Å². The molecule has 1 fully saturated rings. The van der Waals surface area contributed by atoms with Gasteiger partial charge in [0.2, 0.25) is 0 Å². The SMILES string of the molecule is CC1(C)CCCNNCCC1. The van der Waals surface area contributed by atoms with Crippen molar-refractivity contribution in [1.29, 1.82) is 0 Å². The van der Waals surface area contributed by atoms with Crippen LogP contribution in [0, 0.1) is 5.41 Å². The fourth-order valence-corrected chi connectivity index (χ4v) is 1.61. The smallest absolute Gasteiger partial charge is 0.00999 e. The Morgan fingerprint density at radius 2 is 1.36 bits per heavy atom. The second-order valence-corrected chi connectivity index (χ2v) is 4.22. The maximum absolute atomic E-state index is 3.22. The molecule has 2 heteroatoms. The zero-order valence-corrected chi connectivity index (χ0v) is 7.74. The Kier molecular flexibility index (Phi) is 3.34. The zero-order valence-electron chi connectivity index (χ0n) is 7.74. The van der Waals surface area contributed by atoms with Crippen LogP contribution in [0.2, 0.25) is 0 Å². The molecule has 1 heterocycles. The van der Waals surface area contributed by atoms with Crippen molar-refractivity contribution in [2.75, 3.05) is 13.1 Å². The Balaban J connectivity index is 2.31. The van der Waals surface area contributed by atoms with Crippen LogP contribution in [0.5, 0.6) is 0 Å². The van der Waals surface area contributed by atoms with Gasteiger partial charge in [-0.05, 0) is 31.1 Å². The molecule has 0 bridgehead atoms. The van der Waals surface area contributed by atoms with Gasteiger partial charge >= 0.3 is 0 Å². The first kappa shape index (κ1) is 9.01. The first-order valence-electron chi connectivity index (χ1n) is 4.66. The molecular weight excluding hydrogens is 136 g/mol. The van der Waals surface area contributed by atoms with Crippen molar-refractivity contribution in [1.82, 2.24) is 10.9 Å². The third kappa shape index (κ3) is 3.73. The lowest BCUT2D eigenvalue weighted by Gasteiger charge is -2.22. The van der Waals surface area contributed by atoms with Gasteiger partial charge in [-0.3, -0.25) is 10.9 Å². The van der Waals surface area contributed by atoms with Crippen LogP contribution in [0.15, 0.2) is 0 Å². The summed E-state index contributed by atoms with van der Waals surface area (Å²) in [6.45, 7) is 6.98. The van der Waals surface area contributed by atoms with E-state index in [-0.39, 0.29) is 0 Å². The molecule has 1 aliphatic rings. The highest BCUT2D eigenvalue weighted by Crippen LogP contribution is 2.27. The van der Waals surface area contributed by atoms with Crippen LogP contribution in [0.1, 0.15) is 39.5 Å². The Bertz CT molecular complexity index is 98.1. The maximum atomic E-state index is 3.22. The molecule has 0 atom stereocenters. The van der Waals surface area contributed by atoms with Gasteiger partial charge in [0.05, 0.1) is 0 Å². The van der Waals surface area contributed by atoms with E-state index in [1.165, 1.54) is 25.7 Å². The second kappa shape index (κ2) is 4.07. The lowest BCUT2D eigenvalue weighted by Crippen LogP contribution is -2.32. The Hall–Kier alpha value is -0.0800. The van der Waals surface area contributed by atoms with E-state index < -0.39 is 0 Å². The molecule has 0 unspecified atom stereocenters. The van der Waals surface area contributed by atoms with E-state index in [2.05, 4.69) is 24.7 Å². The van der Waals surface area contributed by atoms with E-state index in [0.29, 0.717) is 5.41 Å². The molecule has 0 aromatic rings. The van der Waals surface area contributed by atoms with Crippen molar-refractivity contribution in [2.45, 2.75) is 39.5 Å². The molecule has 1 saturated heterocycles. The largest absolute Gasteiger partial charge is 0.258 e. The quantitative estimate of drug-likeness (QED) is 0.557. The molecule has 1 rings (SSSR count). The molecule has 0 spiro atoms. The molecule has 1 aliphatic heterocycles. The van der Waals surface area contributed by atoms with Gasteiger partial charge < -0.3 is 0 Å². The molecule has 2 N–H and O–H groups in total. The van der Waals surface area contributed by atoms with Gasteiger partial charge in [-0.25, -0.2) is 0 Å². The van der Waals surface area contributed by atoms with Crippen molar-refractivity contribution in [2.24, 2.45) is 5.41 Å². The number of hydrogen-bond acceptors (Lipinski definition) is 2. The van der Waals surface area contributed by atoms with Gasteiger partial charge in [-0.2, -0.15) is 0 Å². The number of rotatable bonds is 0. The Morgan fingerprint density at radius 3 is 1.82 bits per heavy atom. The molecule has 11 heavy (non-hydrogen) atoms. The van der Waals surface area contributed by atoms with Gasteiger partial charge in [0.25, 0.3) is 0 Å². The lowest BCUT2D eigenvalue weighted by atomic mass is 9.83. The van der Waals surface area contributed by atoms with E-state index in [9.17, 15) is 0 Å². The average molecular weight is 156 g/mol. The highest BCUT2D eigenvalue weighted by Gasteiger charge is 2.17. The summed E-state index contributed by atoms with van der Waals surface area (Å²) in [7, 11) is 0. The van der Waals surface area contributed by atoms with Gasteiger partial charge in [0, 0.05) is 13.1 Å². The van der Waals surface area contributed by atoms with Crippen molar-refractivity contribution in [3.63, 3.8) is 0 Å². The fourth-order valence-electron chi connectivity index (χ4n) is 1.61. The van der Waals surface area contributed by atoms with Crippen LogP contribution in [0.3, 0.4) is 0 Å². The fraction of sp³-hybridized carbons (Fsp3) is 1.00. The topological polar surface area (TPSA) is 24.1 Å². The van der Waals surface area contributed by atoms with E-state index >= 15 is 0 Å². The first-order chi connectivity index (χ1) is 5.21. The van der Waals surface area contributed by atoms with Crippen molar-refractivity contribution < 1.29 is 0 Å². The summed E-state index contributed by atoms with van der Waals surface area (Å²) in [5.74, 6) is 0. The number of hydrazine groups is 1. The maximum Gasteiger partial charge on any atom is 0.00999 e. The second-order valence-electron chi connectivity index (χ2n) is 4.22. The molecule has 0 saturated carbocycles. The average Bonchev–Trinajstić information content (AvgIpc) is 2.00. The third-order valence-corrected chi connectivity index (χ3v) is 2.44. The minimum Gasteiger partial charge on any atom is -0.258 e.